The Kier molecular flexibility index (Phi) is 6.40. The number of carbonyl (C=O) groups excluding carboxylic acids is 2. The molecule has 9 heteroatoms. The predicted molar refractivity (Wildman–Crippen MR) is 147 cm³/mol. The number of hydrogen-bond acceptors (Lipinski definition) is 8. The Bertz CT molecular complexity index is 1590. The molecule has 1 atom stereocenters. The van der Waals surface area contributed by atoms with Gasteiger partial charge in [0.15, 0.2) is 16.6 Å². The van der Waals surface area contributed by atoms with Gasteiger partial charge in [0.25, 0.3) is 5.78 Å². The summed E-state index contributed by atoms with van der Waals surface area (Å²) in [5, 5.41) is 11.7. The average Bonchev–Trinajstić information content (AvgIpc) is 3.45. The van der Waals surface area contributed by atoms with Gasteiger partial charge in [0.1, 0.15) is 11.8 Å². The molecule has 0 spiro atoms. The maximum atomic E-state index is 13.5. The molecule has 1 aliphatic heterocycles. The van der Waals surface area contributed by atoms with E-state index in [1.807, 2.05) is 12.1 Å². The van der Waals surface area contributed by atoms with Crippen LogP contribution < -0.4 is 14.4 Å². The van der Waals surface area contributed by atoms with E-state index in [1.165, 1.54) is 30.5 Å². The molecule has 1 fully saturated rings. The molecule has 1 amide bonds. The summed E-state index contributed by atoms with van der Waals surface area (Å²) in [5.41, 5.74) is 2.46. The number of benzene rings is 2. The van der Waals surface area contributed by atoms with E-state index in [2.05, 4.69) is 31.8 Å². The second-order valence-corrected chi connectivity index (χ2v) is 10.9. The lowest BCUT2D eigenvalue weighted by atomic mass is 9.87. The van der Waals surface area contributed by atoms with Crippen molar-refractivity contribution in [3.63, 3.8) is 0 Å². The summed E-state index contributed by atoms with van der Waals surface area (Å²) >= 11 is 1.32. The number of pyridine rings is 1. The van der Waals surface area contributed by atoms with Gasteiger partial charge in [-0.2, -0.15) is 0 Å². The number of amides is 1. The number of anilines is 1. The number of ketones is 1. The quantitative estimate of drug-likeness (QED) is 0.203. The van der Waals surface area contributed by atoms with E-state index in [-0.39, 0.29) is 16.7 Å². The molecule has 1 aliphatic rings. The Labute approximate surface area is 224 Å². The summed E-state index contributed by atoms with van der Waals surface area (Å²) in [6, 6.07) is 15.1. The fraction of sp³-hybridized carbons (Fsp3) is 0.241. The number of ether oxygens (including phenoxy) is 2. The smallest absolute Gasteiger partial charge is 0.301 e. The molecular formula is C29H27N3O5S. The van der Waals surface area contributed by atoms with Crippen molar-refractivity contribution in [3.05, 3.63) is 83.2 Å². The number of rotatable bonds is 5. The summed E-state index contributed by atoms with van der Waals surface area (Å²) in [7, 11) is 2.99. The summed E-state index contributed by atoms with van der Waals surface area (Å²) in [5.74, 6) is -1.09. The first kappa shape index (κ1) is 25.4. The minimum absolute atomic E-state index is 0.0601. The Balaban J connectivity index is 1.69. The number of thiazole rings is 1. The third kappa shape index (κ3) is 4.28. The molecule has 194 valence electrons. The zero-order valence-electron chi connectivity index (χ0n) is 21.7. The van der Waals surface area contributed by atoms with Gasteiger partial charge in [-0.05, 0) is 53.4 Å². The largest absolute Gasteiger partial charge is 0.507 e. The third-order valence-corrected chi connectivity index (χ3v) is 7.54. The van der Waals surface area contributed by atoms with Gasteiger partial charge in [-0.1, -0.05) is 44.2 Å². The van der Waals surface area contributed by atoms with E-state index >= 15 is 0 Å². The van der Waals surface area contributed by atoms with Gasteiger partial charge in [0, 0.05) is 11.8 Å². The molecule has 0 bridgehead atoms. The molecular weight excluding hydrogens is 502 g/mol. The summed E-state index contributed by atoms with van der Waals surface area (Å²) in [6.07, 6.45) is 1.58. The highest BCUT2D eigenvalue weighted by Gasteiger charge is 2.49. The lowest BCUT2D eigenvalue weighted by Gasteiger charge is -2.22. The Morgan fingerprint density at radius 2 is 1.76 bits per heavy atom. The first-order valence-corrected chi connectivity index (χ1v) is 12.8. The van der Waals surface area contributed by atoms with E-state index in [9.17, 15) is 14.7 Å². The van der Waals surface area contributed by atoms with Crippen LogP contribution in [-0.2, 0) is 15.0 Å². The van der Waals surface area contributed by atoms with Crippen LogP contribution in [0.4, 0.5) is 5.13 Å². The number of methoxy groups -OCH3 is 2. The minimum Gasteiger partial charge on any atom is -0.507 e. The molecule has 4 aromatic rings. The summed E-state index contributed by atoms with van der Waals surface area (Å²) in [4.78, 5) is 37.4. The van der Waals surface area contributed by atoms with Crippen LogP contribution in [0.3, 0.4) is 0 Å². The Morgan fingerprint density at radius 3 is 2.42 bits per heavy atom. The van der Waals surface area contributed by atoms with E-state index < -0.39 is 17.7 Å². The minimum atomic E-state index is -0.966. The van der Waals surface area contributed by atoms with Crippen molar-refractivity contribution in [1.82, 2.24) is 9.97 Å². The molecule has 1 unspecified atom stereocenters. The molecule has 0 aliphatic carbocycles. The molecule has 3 heterocycles. The number of carbonyl (C=O) groups is 2. The molecule has 1 saturated heterocycles. The highest BCUT2D eigenvalue weighted by Crippen LogP contribution is 2.44. The lowest BCUT2D eigenvalue weighted by Crippen LogP contribution is -2.29. The number of aliphatic hydroxyl groups is 1. The van der Waals surface area contributed by atoms with E-state index in [1.54, 1.807) is 42.6 Å². The van der Waals surface area contributed by atoms with Crippen LogP contribution >= 0.6 is 11.3 Å². The standard InChI is InChI=1S/C29H27N3O5S/c1-29(2,3)17-10-11-18-22(15-17)38-28(31-18)32-24(19-8-6-7-13-30-19)23(26(34)27(32)35)25(33)16-9-12-20(36-4)21(14-16)37-5/h6-15,24,33H,1-5H3/b25-23+. The maximum Gasteiger partial charge on any atom is 0.301 e. The van der Waals surface area contributed by atoms with Gasteiger partial charge in [0.2, 0.25) is 0 Å². The number of hydrogen-bond donors (Lipinski definition) is 1. The van der Waals surface area contributed by atoms with Gasteiger partial charge in [0.05, 0.1) is 35.7 Å². The summed E-state index contributed by atoms with van der Waals surface area (Å²) < 4.78 is 11.6. The highest BCUT2D eigenvalue weighted by molar-refractivity contribution is 7.22. The molecule has 38 heavy (non-hydrogen) atoms. The predicted octanol–water partition coefficient (Wildman–Crippen LogP) is 5.63. The number of aliphatic hydroxyl groups excluding tert-OH is 1. The molecule has 5 rings (SSSR count). The van der Waals surface area contributed by atoms with Crippen LogP contribution in [0.1, 0.15) is 43.6 Å². The fourth-order valence-corrected chi connectivity index (χ4v) is 5.50. The van der Waals surface area contributed by atoms with Crippen LogP contribution in [0, 0.1) is 0 Å². The molecule has 1 N–H and O–H groups in total. The fourth-order valence-electron chi connectivity index (χ4n) is 4.47. The zero-order valence-corrected chi connectivity index (χ0v) is 22.5. The van der Waals surface area contributed by atoms with Gasteiger partial charge in [-0.25, -0.2) is 4.98 Å². The van der Waals surface area contributed by atoms with E-state index in [0.717, 1.165) is 15.8 Å². The van der Waals surface area contributed by atoms with Crippen LogP contribution in [0.15, 0.2) is 66.4 Å². The Morgan fingerprint density at radius 1 is 1.00 bits per heavy atom. The maximum absolute atomic E-state index is 13.5. The van der Waals surface area contributed by atoms with Gasteiger partial charge in [-0.3, -0.25) is 19.5 Å². The van der Waals surface area contributed by atoms with Crippen molar-refractivity contribution in [2.24, 2.45) is 0 Å². The number of Topliss-reactive ketones (excluding diaryl/α,β-unsaturated/α-hetero) is 1. The van der Waals surface area contributed by atoms with Gasteiger partial charge in [-0.15, -0.1) is 0 Å². The van der Waals surface area contributed by atoms with E-state index in [0.29, 0.717) is 27.9 Å². The van der Waals surface area contributed by atoms with Crippen molar-refractivity contribution < 1.29 is 24.2 Å². The zero-order chi connectivity index (χ0) is 27.2. The van der Waals surface area contributed by atoms with E-state index in [4.69, 9.17) is 14.5 Å². The van der Waals surface area contributed by atoms with Crippen molar-refractivity contribution in [1.29, 1.82) is 0 Å². The van der Waals surface area contributed by atoms with Crippen LogP contribution in [0.5, 0.6) is 11.5 Å². The van der Waals surface area contributed by atoms with Crippen molar-refractivity contribution in [2.75, 3.05) is 19.1 Å². The lowest BCUT2D eigenvalue weighted by molar-refractivity contribution is -0.132. The van der Waals surface area contributed by atoms with Crippen LogP contribution in [-0.4, -0.2) is 41.0 Å². The molecule has 2 aromatic carbocycles. The molecule has 0 saturated carbocycles. The van der Waals surface area contributed by atoms with Crippen molar-refractivity contribution in [2.45, 2.75) is 32.2 Å². The van der Waals surface area contributed by atoms with Crippen molar-refractivity contribution >= 4 is 44.1 Å². The van der Waals surface area contributed by atoms with Crippen molar-refractivity contribution in [3.8, 4) is 11.5 Å². The van der Waals surface area contributed by atoms with Crippen LogP contribution in [0.2, 0.25) is 0 Å². The normalized spacial score (nSPS) is 17.3. The monoisotopic (exact) mass is 529 g/mol. The summed E-state index contributed by atoms with van der Waals surface area (Å²) in [6.45, 7) is 6.39. The molecule has 2 aromatic heterocycles. The second kappa shape index (κ2) is 9.57. The number of nitrogens with zero attached hydrogens (tertiary/aromatic N) is 3. The Hall–Kier alpha value is -4.24. The highest BCUT2D eigenvalue weighted by atomic mass is 32.1. The van der Waals surface area contributed by atoms with Crippen LogP contribution in [0.25, 0.3) is 16.0 Å². The first-order valence-electron chi connectivity index (χ1n) is 12.0. The first-order chi connectivity index (χ1) is 18.1. The number of fused-ring (bicyclic) bond motifs is 1. The van der Waals surface area contributed by atoms with Gasteiger partial charge >= 0.3 is 5.91 Å². The third-order valence-electron chi connectivity index (χ3n) is 6.52. The SMILES string of the molecule is COc1ccc(/C(O)=C2\C(=O)C(=O)N(c3nc4ccc(C(C)(C)C)cc4s3)C2c2ccccn2)cc1OC. The number of aromatic nitrogens is 2. The molecule has 0 radical (unpaired) electrons. The molecule has 8 nitrogen and oxygen atoms in total. The topological polar surface area (TPSA) is 102 Å². The van der Waals surface area contributed by atoms with Gasteiger partial charge < -0.3 is 14.6 Å². The second-order valence-electron chi connectivity index (χ2n) is 9.92. The average molecular weight is 530 g/mol.